The molecule has 0 radical (unpaired) electrons. The average molecular weight is 495 g/mol. The summed E-state index contributed by atoms with van der Waals surface area (Å²) in [6, 6.07) is 12.2. The second-order valence-electron chi connectivity index (χ2n) is 7.83. The Kier molecular flexibility index (Phi) is 5.97. The van der Waals surface area contributed by atoms with Crippen LogP contribution in [0.15, 0.2) is 63.0 Å². The fraction of sp³-hybridized carbons (Fsp3) is 0.250. The van der Waals surface area contributed by atoms with Gasteiger partial charge in [0.15, 0.2) is 0 Å². The van der Waals surface area contributed by atoms with Crippen molar-refractivity contribution in [2.45, 2.75) is 39.2 Å². The van der Waals surface area contributed by atoms with Crippen LogP contribution in [0.5, 0.6) is 0 Å². The minimum Gasteiger partial charge on any atom is -0.480 e. The molecule has 0 aliphatic carbocycles. The van der Waals surface area contributed by atoms with E-state index in [9.17, 15) is 14.7 Å². The zero-order chi connectivity index (χ0) is 23.0. The second kappa shape index (κ2) is 8.70. The zero-order valence-corrected chi connectivity index (χ0v) is 19.6. The highest BCUT2D eigenvalue weighted by Gasteiger charge is 2.18. The maximum absolute atomic E-state index is 13.3. The number of hydrogen-bond acceptors (Lipinski definition) is 4. The van der Waals surface area contributed by atoms with Crippen LogP contribution in [-0.2, 0) is 4.79 Å². The Balaban J connectivity index is 1.91. The molecular formula is C24H23BrN4O3. The molecular weight excluding hydrogens is 472 g/mol. The molecule has 0 aliphatic rings. The van der Waals surface area contributed by atoms with E-state index in [1.165, 1.54) is 4.68 Å². The van der Waals surface area contributed by atoms with Gasteiger partial charge in [-0.05, 0) is 37.6 Å². The van der Waals surface area contributed by atoms with E-state index in [4.69, 9.17) is 4.98 Å². The number of carboxylic acids is 1. The minimum absolute atomic E-state index is 0.0290. The van der Waals surface area contributed by atoms with Gasteiger partial charge in [-0.25, -0.2) is 9.78 Å². The first-order valence-electron chi connectivity index (χ1n) is 10.4. The minimum atomic E-state index is -0.922. The molecule has 0 spiro atoms. The van der Waals surface area contributed by atoms with Crippen LogP contribution in [0.2, 0.25) is 0 Å². The Hall–Kier alpha value is -3.26. The molecule has 4 rings (SSSR count). The number of carbonyl (C=O) groups is 1. The van der Waals surface area contributed by atoms with Crippen LogP contribution in [0.4, 0.5) is 0 Å². The summed E-state index contributed by atoms with van der Waals surface area (Å²) in [6.07, 6.45) is 4.16. The molecule has 0 amide bonds. The number of benzene rings is 2. The molecule has 1 N–H and O–H groups in total. The van der Waals surface area contributed by atoms with Crippen molar-refractivity contribution in [3.05, 3.63) is 74.9 Å². The molecule has 7 nitrogen and oxygen atoms in total. The first-order valence-corrected chi connectivity index (χ1v) is 11.2. The lowest BCUT2D eigenvalue weighted by atomic mass is 10.1. The van der Waals surface area contributed by atoms with E-state index >= 15 is 0 Å². The summed E-state index contributed by atoms with van der Waals surface area (Å²) < 4.78 is 3.85. The van der Waals surface area contributed by atoms with Crippen molar-refractivity contribution in [3.63, 3.8) is 0 Å². The first-order chi connectivity index (χ1) is 15.3. The van der Waals surface area contributed by atoms with Gasteiger partial charge in [-0.2, -0.15) is 9.78 Å². The molecule has 0 aliphatic heterocycles. The number of aromatic nitrogens is 3. The van der Waals surface area contributed by atoms with E-state index in [1.54, 1.807) is 30.0 Å². The van der Waals surface area contributed by atoms with Crippen LogP contribution in [-0.4, -0.2) is 31.5 Å². The van der Waals surface area contributed by atoms with Crippen LogP contribution in [0.25, 0.3) is 21.8 Å². The molecule has 0 saturated carbocycles. The number of carboxylic acid groups (broad SMARTS) is 1. The highest BCUT2D eigenvalue weighted by Crippen LogP contribution is 2.25. The average Bonchev–Trinajstić information content (AvgIpc) is 3.16. The number of nitrogens with zero attached hydrogens (tertiary/aromatic N) is 4. The number of fused-ring (bicyclic) bond motifs is 2. The second-order valence-corrected chi connectivity index (χ2v) is 8.74. The van der Waals surface area contributed by atoms with Gasteiger partial charge in [0.05, 0.1) is 17.1 Å². The highest BCUT2D eigenvalue weighted by molar-refractivity contribution is 9.10. The summed E-state index contributed by atoms with van der Waals surface area (Å²) in [6.45, 7) is 5.68. The number of aliphatic carboxylic acids is 1. The van der Waals surface area contributed by atoms with Gasteiger partial charge in [0.1, 0.15) is 11.9 Å². The van der Waals surface area contributed by atoms with Crippen molar-refractivity contribution in [1.29, 1.82) is 0 Å². The van der Waals surface area contributed by atoms with Crippen molar-refractivity contribution >= 4 is 49.9 Å². The Morgan fingerprint density at radius 2 is 1.97 bits per heavy atom. The predicted molar refractivity (Wildman–Crippen MR) is 130 cm³/mol. The van der Waals surface area contributed by atoms with Gasteiger partial charge in [-0.3, -0.25) is 4.79 Å². The molecule has 2 atom stereocenters. The van der Waals surface area contributed by atoms with Gasteiger partial charge in [-0.1, -0.05) is 48.0 Å². The standard InChI is InChI=1S/C24H23BrN4O3/c1-4-14(2)22-27-20-10-9-17(25)11-19(20)23(30)29(22)26-12-16-13-28(15(3)24(31)32)21-8-6-5-7-18(16)21/h5-15H,4H2,1-3H3,(H,31,32)/t14-,15+/m1/s1. The summed E-state index contributed by atoms with van der Waals surface area (Å²) in [5.74, 6) is -0.304. The summed E-state index contributed by atoms with van der Waals surface area (Å²) in [5, 5.41) is 15.4. The molecule has 2 aromatic carbocycles. The molecule has 2 aromatic heterocycles. The van der Waals surface area contributed by atoms with E-state index < -0.39 is 12.0 Å². The lowest BCUT2D eigenvalue weighted by molar-refractivity contribution is -0.140. The molecule has 0 bridgehead atoms. The summed E-state index contributed by atoms with van der Waals surface area (Å²) in [5.41, 5.74) is 1.90. The third-order valence-corrected chi connectivity index (χ3v) is 6.24. The highest BCUT2D eigenvalue weighted by atomic mass is 79.9. The molecule has 0 saturated heterocycles. The quantitative estimate of drug-likeness (QED) is 0.375. The smallest absolute Gasteiger partial charge is 0.326 e. The summed E-state index contributed by atoms with van der Waals surface area (Å²) in [7, 11) is 0. The van der Waals surface area contributed by atoms with E-state index in [0.717, 1.165) is 27.4 Å². The van der Waals surface area contributed by atoms with Crippen LogP contribution >= 0.6 is 15.9 Å². The predicted octanol–water partition coefficient (Wildman–Crippen LogP) is 5.16. The summed E-state index contributed by atoms with van der Waals surface area (Å²) in [4.78, 5) is 29.6. The zero-order valence-electron chi connectivity index (χ0n) is 18.0. The number of rotatable bonds is 6. The van der Waals surface area contributed by atoms with Gasteiger partial charge in [0, 0.05) is 33.1 Å². The van der Waals surface area contributed by atoms with E-state index in [1.807, 2.05) is 50.2 Å². The molecule has 32 heavy (non-hydrogen) atoms. The summed E-state index contributed by atoms with van der Waals surface area (Å²) >= 11 is 3.42. The van der Waals surface area contributed by atoms with Crippen molar-refractivity contribution in [2.75, 3.05) is 0 Å². The van der Waals surface area contributed by atoms with Gasteiger partial charge >= 0.3 is 5.97 Å². The SMILES string of the molecule is CC[C@@H](C)c1nc2ccc(Br)cc2c(=O)n1N=Cc1cn([C@@H](C)C(=O)O)c2ccccc12. The van der Waals surface area contributed by atoms with E-state index in [-0.39, 0.29) is 11.5 Å². The molecule has 4 aromatic rings. The Morgan fingerprint density at radius 1 is 1.22 bits per heavy atom. The molecule has 0 fully saturated rings. The molecule has 0 unspecified atom stereocenters. The Labute approximate surface area is 193 Å². The van der Waals surface area contributed by atoms with Crippen LogP contribution in [0.1, 0.15) is 50.5 Å². The lowest BCUT2D eigenvalue weighted by Gasteiger charge is -2.13. The molecule has 164 valence electrons. The van der Waals surface area contributed by atoms with Gasteiger partial charge in [0.2, 0.25) is 0 Å². The number of para-hydroxylation sites is 1. The fourth-order valence-corrected chi connectivity index (χ4v) is 4.03. The maximum atomic E-state index is 13.3. The lowest BCUT2D eigenvalue weighted by Crippen LogP contribution is -2.23. The molecule has 8 heteroatoms. The fourth-order valence-electron chi connectivity index (χ4n) is 3.67. The van der Waals surface area contributed by atoms with Crippen molar-refractivity contribution in [1.82, 2.24) is 14.2 Å². The van der Waals surface area contributed by atoms with E-state index in [0.29, 0.717) is 16.7 Å². The van der Waals surface area contributed by atoms with Crippen molar-refractivity contribution in [2.24, 2.45) is 5.10 Å². The normalized spacial score (nSPS) is 13.8. The number of hydrogen-bond donors (Lipinski definition) is 1. The third kappa shape index (κ3) is 3.86. The monoisotopic (exact) mass is 494 g/mol. The van der Waals surface area contributed by atoms with Gasteiger partial charge < -0.3 is 9.67 Å². The van der Waals surface area contributed by atoms with E-state index in [2.05, 4.69) is 21.0 Å². The van der Waals surface area contributed by atoms with Crippen LogP contribution in [0.3, 0.4) is 0 Å². The molecule has 2 heterocycles. The topological polar surface area (TPSA) is 89.5 Å². The first kappa shape index (κ1) is 22.0. The maximum Gasteiger partial charge on any atom is 0.326 e. The van der Waals surface area contributed by atoms with Gasteiger partial charge in [-0.15, -0.1) is 0 Å². The van der Waals surface area contributed by atoms with Crippen molar-refractivity contribution < 1.29 is 9.90 Å². The number of halogens is 1. The van der Waals surface area contributed by atoms with Crippen LogP contribution in [0, 0.1) is 0 Å². The largest absolute Gasteiger partial charge is 0.480 e. The van der Waals surface area contributed by atoms with Gasteiger partial charge in [0.25, 0.3) is 5.56 Å². The Morgan fingerprint density at radius 3 is 2.69 bits per heavy atom. The van der Waals surface area contributed by atoms with Crippen LogP contribution < -0.4 is 5.56 Å². The Bertz CT molecular complexity index is 1420. The third-order valence-electron chi connectivity index (χ3n) is 5.74. The van der Waals surface area contributed by atoms with Crippen molar-refractivity contribution in [3.8, 4) is 0 Å².